The number of hydrogen-bond acceptors (Lipinski definition) is 5. The zero-order valence-electron chi connectivity index (χ0n) is 17.1. The van der Waals surface area contributed by atoms with E-state index in [1.807, 2.05) is 6.07 Å². The van der Waals surface area contributed by atoms with Crippen molar-refractivity contribution < 1.29 is 9.59 Å². The van der Waals surface area contributed by atoms with E-state index in [4.69, 9.17) is 0 Å². The molecule has 0 radical (unpaired) electrons. The molecule has 5 rings (SSSR count). The standard InChI is InChI=1S/C21H27N5O3.ClH/c1-24-17-12-14(25-10-7-21(8-11-25)6-9-22-13-21)2-3-15(17)26(20(24)29)16-4-5-18(27)23-19(16)28;/h2-3,12,16,22H,4-11,13H2,1H3,(H,23,27,28);1H. The molecule has 1 aromatic heterocycles. The lowest BCUT2D eigenvalue weighted by Gasteiger charge is -2.40. The third kappa shape index (κ3) is 3.32. The number of imidazole rings is 1. The number of aryl methyl sites for hydroxylation is 1. The van der Waals surface area contributed by atoms with E-state index in [9.17, 15) is 14.4 Å². The van der Waals surface area contributed by atoms with E-state index in [1.165, 1.54) is 23.8 Å². The van der Waals surface area contributed by atoms with E-state index < -0.39 is 11.9 Å². The summed E-state index contributed by atoms with van der Waals surface area (Å²) in [7, 11) is 1.74. The first-order chi connectivity index (χ1) is 14.0. The van der Waals surface area contributed by atoms with Crippen LogP contribution in [-0.2, 0) is 16.6 Å². The van der Waals surface area contributed by atoms with Crippen LogP contribution in [0.2, 0.25) is 0 Å². The Balaban J connectivity index is 0.00000218. The molecule has 9 heteroatoms. The maximum absolute atomic E-state index is 12.9. The Bertz CT molecular complexity index is 1040. The van der Waals surface area contributed by atoms with Crippen LogP contribution in [-0.4, -0.2) is 47.1 Å². The minimum Gasteiger partial charge on any atom is -0.371 e. The first kappa shape index (κ1) is 20.9. The van der Waals surface area contributed by atoms with E-state index >= 15 is 0 Å². The molecular formula is C21H28ClN5O3. The van der Waals surface area contributed by atoms with Gasteiger partial charge < -0.3 is 10.2 Å². The average molecular weight is 434 g/mol. The van der Waals surface area contributed by atoms with Crippen LogP contribution in [0, 0.1) is 5.41 Å². The highest BCUT2D eigenvalue weighted by Gasteiger charge is 2.37. The minimum atomic E-state index is -0.639. The molecule has 3 fully saturated rings. The SMILES string of the molecule is Cl.Cn1c(=O)n(C2CCC(=O)NC2=O)c2ccc(N3CCC4(CCNC4)CC3)cc21. The second kappa shape index (κ2) is 7.74. The number of nitrogens with one attached hydrogen (secondary N) is 2. The van der Waals surface area contributed by atoms with Crippen LogP contribution in [0.1, 0.15) is 38.1 Å². The number of fused-ring (bicyclic) bond motifs is 1. The van der Waals surface area contributed by atoms with Crippen molar-refractivity contribution >= 4 is 40.9 Å². The van der Waals surface area contributed by atoms with Crippen molar-refractivity contribution in [1.82, 2.24) is 19.8 Å². The van der Waals surface area contributed by atoms with Crippen LogP contribution in [0.25, 0.3) is 11.0 Å². The van der Waals surface area contributed by atoms with E-state index in [0.29, 0.717) is 11.8 Å². The molecule has 3 saturated heterocycles. The predicted octanol–water partition coefficient (Wildman–Crippen LogP) is 1.32. The molecule has 0 saturated carbocycles. The summed E-state index contributed by atoms with van der Waals surface area (Å²) in [6, 6.07) is 5.41. The van der Waals surface area contributed by atoms with E-state index in [0.717, 1.165) is 42.9 Å². The van der Waals surface area contributed by atoms with Gasteiger partial charge in [0.1, 0.15) is 6.04 Å². The second-order valence-electron chi connectivity index (χ2n) is 8.77. The Labute approximate surface area is 181 Å². The van der Waals surface area contributed by atoms with Crippen molar-refractivity contribution in [2.45, 2.75) is 38.1 Å². The van der Waals surface area contributed by atoms with Gasteiger partial charge in [-0.05, 0) is 55.8 Å². The Morgan fingerprint density at radius 1 is 1.07 bits per heavy atom. The molecule has 3 aliphatic rings. The van der Waals surface area contributed by atoms with Crippen molar-refractivity contribution in [1.29, 1.82) is 0 Å². The summed E-state index contributed by atoms with van der Waals surface area (Å²) >= 11 is 0. The number of amides is 2. The van der Waals surface area contributed by atoms with Crippen molar-refractivity contribution in [2.24, 2.45) is 12.5 Å². The number of anilines is 1. The fraction of sp³-hybridized carbons (Fsp3) is 0.571. The highest BCUT2D eigenvalue weighted by molar-refractivity contribution is 6.00. The molecule has 2 amide bonds. The van der Waals surface area contributed by atoms with Gasteiger partial charge in [0.2, 0.25) is 11.8 Å². The molecule has 30 heavy (non-hydrogen) atoms. The Morgan fingerprint density at radius 3 is 2.50 bits per heavy atom. The van der Waals surface area contributed by atoms with Gasteiger partial charge in [0.15, 0.2) is 0 Å². The van der Waals surface area contributed by atoms with Crippen LogP contribution in [0.3, 0.4) is 0 Å². The van der Waals surface area contributed by atoms with Crippen LogP contribution in [0.4, 0.5) is 5.69 Å². The number of benzene rings is 1. The molecule has 4 heterocycles. The monoisotopic (exact) mass is 433 g/mol. The molecular weight excluding hydrogens is 406 g/mol. The third-order valence-electron chi connectivity index (χ3n) is 7.12. The minimum absolute atomic E-state index is 0. The molecule has 1 spiro atoms. The first-order valence-corrected chi connectivity index (χ1v) is 10.5. The normalized spacial score (nSPS) is 23.6. The van der Waals surface area contributed by atoms with Crippen molar-refractivity contribution in [3.63, 3.8) is 0 Å². The average Bonchev–Trinajstić information content (AvgIpc) is 3.26. The van der Waals surface area contributed by atoms with E-state index in [2.05, 4.69) is 27.7 Å². The lowest BCUT2D eigenvalue weighted by molar-refractivity contribution is -0.135. The fourth-order valence-corrected chi connectivity index (χ4v) is 5.24. The summed E-state index contributed by atoms with van der Waals surface area (Å²) in [5.74, 6) is -0.673. The summed E-state index contributed by atoms with van der Waals surface area (Å²) < 4.78 is 3.14. The number of carbonyl (C=O) groups is 2. The topological polar surface area (TPSA) is 88.4 Å². The van der Waals surface area contributed by atoms with Gasteiger partial charge in [0, 0.05) is 38.8 Å². The number of halogens is 1. The van der Waals surface area contributed by atoms with Crippen LogP contribution >= 0.6 is 12.4 Å². The molecule has 1 unspecified atom stereocenters. The number of hydrogen-bond donors (Lipinski definition) is 2. The molecule has 2 N–H and O–H groups in total. The Hall–Kier alpha value is -2.32. The van der Waals surface area contributed by atoms with E-state index in [1.54, 1.807) is 11.6 Å². The fourth-order valence-electron chi connectivity index (χ4n) is 5.24. The largest absolute Gasteiger partial charge is 0.371 e. The van der Waals surface area contributed by atoms with Crippen LogP contribution < -0.4 is 21.2 Å². The van der Waals surface area contributed by atoms with Crippen molar-refractivity contribution in [2.75, 3.05) is 31.1 Å². The van der Waals surface area contributed by atoms with Gasteiger partial charge in [-0.3, -0.25) is 24.0 Å². The van der Waals surface area contributed by atoms with Crippen molar-refractivity contribution in [3.05, 3.63) is 28.7 Å². The van der Waals surface area contributed by atoms with Gasteiger partial charge in [0.25, 0.3) is 0 Å². The molecule has 162 valence electrons. The van der Waals surface area contributed by atoms with Gasteiger partial charge in [0.05, 0.1) is 11.0 Å². The Morgan fingerprint density at radius 2 is 1.83 bits per heavy atom. The zero-order valence-corrected chi connectivity index (χ0v) is 18.0. The third-order valence-corrected chi connectivity index (χ3v) is 7.12. The molecule has 8 nitrogen and oxygen atoms in total. The smallest absolute Gasteiger partial charge is 0.329 e. The number of carbonyl (C=O) groups excluding carboxylic acids is 2. The highest BCUT2D eigenvalue weighted by atomic mass is 35.5. The summed E-state index contributed by atoms with van der Waals surface area (Å²) in [6.45, 7) is 4.30. The number of rotatable bonds is 2. The molecule has 0 bridgehead atoms. The summed E-state index contributed by atoms with van der Waals surface area (Å²) in [6.07, 6.45) is 4.25. The number of aromatic nitrogens is 2. The van der Waals surface area contributed by atoms with E-state index in [-0.39, 0.29) is 30.4 Å². The van der Waals surface area contributed by atoms with Gasteiger partial charge in [-0.25, -0.2) is 4.79 Å². The lowest BCUT2D eigenvalue weighted by atomic mass is 9.78. The van der Waals surface area contributed by atoms with Gasteiger partial charge in [-0.2, -0.15) is 0 Å². The number of nitrogens with zero attached hydrogens (tertiary/aromatic N) is 3. The second-order valence-corrected chi connectivity index (χ2v) is 8.77. The van der Waals surface area contributed by atoms with Gasteiger partial charge >= 0.3 is 5.69 Å². The quantitative estimate of drug-likeness (QED) is 0.697. The maximum Gasteiger partial charge on any atom is 0.329 e. The highest BCUT2D eigenvalue weighted by Crippen LogP contribution is 2.38. The first-order valence-electron chi connectivity index (χ1n) is 10.5. The molecule has 0 aliphatic carbocycles. The molecule has 2 aromatic rings. The number of imide groups is 1. The number of piperidine rings is 2. The maximum atomic E-state index is 12.9. The van der Waals surface area contributed by atoms with Crippen molar-refractivity contribution in [3.8, 4) is 0 Å². The summed E-state index contributed by atoms with van der Waals surface area (Å²) in [4.78, 5) is 39.1. The zero-order chi connectivity index (χ0) is 20.2. The van der Waals surface area contributed by atoms with Crippen LogP contribution in [0.5, 0.6) is 0 Å². The van der Waals surface area contributed by atoms with Crippen LogP contribution in [0.15, 0.2) is 23.0 Å². The lowest BCUT2D eigenvalue weighted by Crippen LogP contribution is -2.44. The predicted molar refractivity (Wildman–Crippen MR) is 117 cm³/mol. The molecule has 1 aromatic carbocycles. The Kier molecular flexibility index (Phi) is 5.40. The molecule has 1 atom stereocenters. The van der Waals surface area contributed by atoms with Gasteiger partial charge in [-0.1, -0.05) is 0 Å². The molecule has 3 aliphatic heterocycles. The van der Waals surface area contributed by atoms with Gasteiger partial charge in [-0.15, -0.1) is 12.4 Å². The summed E-state index contributed by atoms with van der Waals surface area (Å²) in [5.41, 5.74) is 2.92. The summed E-state index contributed by atoms with van der Waals surface area (Å²) in [5, 5.41) is 5.86.